The van der Waals surface area contributed by atoms with Gasteiger partial charge in [-0.15, -0.1) is 0 Å². The number of rotatable bonds is 8. The molecular formula is C18H29N3O2. The summed E-state index contributed by atoms with van der Waals surface area (Å²) in [5.74, 6) is 3.25. The van der Waals surface area contributed by atoms with Gasteiger partial charge < -0.3 is 20.1 Å². The van der Waals surface area contributed by atoms with Gasteiger partial charge in [-0.3, -0.25) is 4.99 Å². The van der Waals surface area contributed by atoms with Crippen LogP contribution < -0.4 is 20.1 Å². The predicted octanol–water partition coefficient (Wildman–Crippen LogP) is 2.60. The Kier molecular flexibility index (Phi) is 6.56. The molecule has 1 fully saturated rings. The smallest absolute Gasteiger partial charge is 0.191 e. The largest absolute Gasteiger partial charge is 0.493 e. The second-order valence-corrected chi connectivity index (χ2v) is 5.97. The van der Waals surface area contributed by atoms with E-state index in [1.807, 2.05) is 19.2 Å². The third-order valence-corrected chi connectivity index (χ3v) is 4.28. The van der Waals surface area contributed by atoms with Gasteiger partial charge in [-0.25, -0.2) is 0 Å². The quantitative estimate of drug-likeness (QED) is 0.571. The molecule has 0 heterocycles. The number of hydrogen-bond acceptors (Lipinski definition) is 3. The van der Waals surface area contributed by atoms with Crippen LogP contribution in [0.4, 0.5) is 0 Å². The molecule has 23 heavy (non-hydrogen) atoms. The van der Waals surface area contributed by atoms with Crippen molar-refractivity contribution in [2.45, 2.75) is 38.6 Å². The van der Waals surface area contributed by atoms with Gasteiger partial charge in [0, 0.05) is 19.6 Å². The summed E-state index contributed by atoms with van der Waals surface area (Å²) in [6.45, 7) is 3.08. The zero-order chi connectivity index (χ0) is 16.7. The van der Waals surface area contributed by atoms with E-state index in [1.165, 1.54) is 24.8 Å². The summed E-state index contributed by atoms with van der Waals surface area (Å²) in [7, 11) is 5.13. The van der Waals surface area contributed by atoms with Gasteiger partial charge >= 0.3 is 0 Å². The number of aliphatic imine (C=N–C) groups is 1. The lowest BCUT2D eigenvalue weighted by Gasteiger charge is -2.13. The van der Waals surface area contributed by atoms with Crippen molar-refractivity contribution < 1.29 is 9.47 Å². The lowest BCUT2D eigenvalue weighted by atomic mass is 10.1. The molecule has 1 aromatic rings. The van der Waals surface area contributed by atoms with Crippen molar-refractivity contribution >= 4 is 5.96 Å². The minimum Gasteiger partial charge on any atom is -0.493 e. The van der Waals surface area contributed by atoms with Crippen molar-refractivity contribution in [2.75, 3.05) is 27.8 Å². The van der Waals surface area contributed by atoms with E-state index in [-0.39, 0.29) is 0 Å². The second kappa shape index (κ2) is 8.65. The summed E-state index contributed by atoms with van der Waals surface area (Å²) < 4.78 is 10.6. The minimum absolute atomic E-state index is 0.599. The van der Waals surface area contributed by atoms with E-state index < -0.39 is 0 Å². The van der Waals surface area contributed by atoms with Crippen molar-refractivity contribution in [1.29, 1.82) is 0 Å². The van der Waals surface area contributed by atoms with Gasteiger partial charge in [0.05, 0.1) is 14.2 Å². The van der Waals surface area contributed by atoms with E-state index in [9.17, 15) is 0 Å². The zero-order valence-electron chi connectivity index (χ0n) is 14.7. The highest BCUT2D eigenvalue weighted by Gasteiger charge is 2.36. The topological polar surface area (TPSA) is 54.9 Å². The Bertz CT molecular complexity index is 531. The number of guanidine groups is 1. The van der Waals surface area contributed by atoms with Crippen molar-refractivity contribution in [3.63, 3.8) is 0 Å². The van der Waals surface area contributed by atoms with Crippen molar-refractivity contribution in [1.82, 2.24) is 10.6 Å². The van der Waals surface area contributed by atoms with Gasteiger partial charge in [0.1, 0.15) is 0 Å². The zero-order valence-corrected chi connectivity index (χ0v) is 14.7. The fraction of sp³-hybridized carbons (Fsp3) is 0.611. The first kappa shape index (κ1) is 17.4. The molecule has 2 N–H and O–H groups in total. The normalized spacial score (nSPS) is 20.1. The van der Waals surface area contributed by atoms with E-state index in [0.29, 0.717) is 6.04 Å². The number of methoxy groups -OCH3 is 2. The van der Waals surface area contributed by atoms with E-state index >= 15 is 0 Å². The highest BCUT2D eigenvalue weighted by molar-refractivity contribution is 5.80. The molecule has 0 radical (unpaired) electrons. The molecule has 0 aliphatic heterocycles. The Balaban J connectivity index is 1.77. The van der Waals surface area contributed by atoms with E-state index in [4.69, 9.17) is 9.47 Å². The molecule has 128 valence electrons. The summed E-state index contributed by atoms with van der Waals surface area (Å²) in [5, 5.41) is 6.88. The molecule has 2 unspecified atom stereocenters. The monoisotopic (exact) mass is 319 g/mol. The molecule has 1 saturated carbocycles. The number of nitrogens with zero attached hydrogens (tertiary/aromatic N) is 1. The second-order valence-electron chi connectivity index (χ2n) is 5.97. The Morgan fingerprint density at radius 1 is 1.26 bits per heavy atom. The number of nitrogens with one attached hydrogen (secondary N) is 2. The average molecular weight is 319 g/mol. The maximum Gasteiger partial charge on any atom is 0.191 e. The van der Waals surface area contributed by atoms with E-state index in [1.54, 1.807) is 14.2 Å². The van der Waals surface area contributed by atoms with Crippen LogP contribution in [0.3, 0.4) is 0 Å². The molecule has 5 heteroatoms. The molecule has 0 saturated heterocycles. The Labute approximate surface area is 139 Å². The molecular weight excluding hydrogens is 290 g/mol. The first-order valence-electron chi connectivity index (χ1n) is 8.39. The van der Waals surface area contributed by atoms with Gasteiger partial charge in [-0.1, -0.05) is 19.4 Å². The van der Waals surface area contributed by atoms with Gasteiger partial charge in [0.15, 0.2) is 17.5 Å². The summed E-state index contributed by atoms with van der Waals surface area (Å²) in [5.41, 5.74) is 1.21. The molecule has 0 spiro atoms. The molecule has 1 aliphatic carbocycles. The van der Waals surface area contributed by atoms with Crippen LogP contribution in [0.25, 0.3) is 0 Å². The molecule has 0 aromatic heterocycles. The lowest BCUT2D eigenvalue weighted by molar-refractivity contribution is 0.354. The van der Waals surface area contributed by atoms with Gasteiger partial charge in [-0.05, 0) is 42.9 Å². The maximum absolute atomic E-state index is 5.34. The first-order chi connectivity index (χ1) is 11.2. The molecule has 1 aliphatic rings. The molecule has 0 amide bonds. The Morgan fingerprint density at radius 2 is 2.04 bits per heavy atom. The molecule has 0 bridgehead atoms. The van der Waals surface area contributed by atoms with Gasteiger partial charge in [0.25, 0.3) is 0 Å². The van der Waals surface area contributed by atoms with E-state index in [2.05, 4.69) is 28.6 Å². The first-order valence-corrected chi connectivity index (χ1v) is 8.39. The molecule has 5 nitrogen and oxygen atoms in total. The van der Waals surface area contributed by atoms with Crippen LogP contribution in [0.5, 0.6) is 11.5 Å². The fourth-order valence-electron chi connectivity index (χ4n) is 2.85. The Morgan fingerprint density at radius 3 is 2.70 bits per heavy atom. The average Bonchev–Trinajstić information content (AvgIpc) is 3.31. The van der Waals surface area contributed by atoms with Crippen LogP contribution in [0, 0.1) is 5.92 Å². The SMILES string of the molecule is CCCC1CC1NC(=NC)NCCc1ccc(OC)c(OC)c1. The van der Waals surface area contributed by atoms with Crippen LogP contribution in [0.15, 0.2) is 23.2 Å². The van der Waals surface area contributed by atoms with Gasteiger partial charge in [0.2, 0.25) is 0 Å². The van der Waals surface area contributed by atoms with Crippen molar-refractivity contribution in [3.8, 4) is 11.5 Å². The minimum atomic E-state index is 0.599. The summed E-state index contributed by atoms with van der Waals surface area (Å²) in [4.78, 5) is 4.30. The van der Waals surface area contributed by atoms with Crippen LogP contribution in [-0.4, -0.2) is 39.8 Å². The van der Waals surface area contributed by atoms with Crippen molar-refractivity contribution in [2.24, 2.45) is 10.9 Å². The maximum atomic E-state index is 5.34. The van der Waals surface area contributed by atoms with Crippen LogP contribution in [-0.2, 0) is 6.42 Å². The molecule has 2 atom stereocenters. The summed E-state index contributed by atoms with van der Waals surface area (Å²) in [6.07, 6.45) is 4.74. The lowest BCUT2D eigenvalue weighted by Crippen LogP contribution is -2.40. The summed E-state index contributed by atoms with van der Waals surface area (Å²) in [6, 6.07) is 6.63. The number of benzene rings is 1. The number of ether oxygens (including phenoxy) is 2. The third-order valence-electron chi connectivity index (χ3n) is 4.28. The predicted molar refractivity (Wildman–Crippen MR) is 94.6 cm³/mol. The van der Waals surface area contributed by atoms with Crippen LogP contribution in [0.2, 0.25) is 0 Å². The standard InChI is InChI=1S/C18H29N3O2/c1-5-6-14-12-15(14)21-18(19-2)20-10-9-13-7-8-16(22-3)17(11-13)23-4/h7-8,11,14-15H,5-6,9-10,12H2,1-4H3,(H2,19,20,21). The van der Waals surface area contributed by atoms with Crippen LogP contribution in [0.1, 0.15) is 31.7 Å². The molecule has 2 rings (SSSR count). The van der Waals surface area contributed by atoms with Crippen molar-refractivity contribution in [3.05, 3.63) is 23.8 Å². The summed E-state index contributed by atoms with van der Waals surface area (Å²) >= 11 is 0. The fourth-order valence-corrected chi connectivity index (χ4v) is 2.85. The van der Waals surface area contributed by atoms with Gasteiger partial charge in [-0.2, -0.15) is 0 Å². The number of hydrogen-bond donors (Lipinski definition) is 2. The highest BCUT2D eigenvalue weighted by atomic mass is 16.5. The molecule has 1 aromatic carbocycles. The van der Waals surface area contributed by atoms with E-state index in [0.717, 1.165) is 36.3 Å². The third kappa shape index (κ3) is 5.05. The van der Waals surface area contributed by atoms with Crippen LogP contribution >= 0.6 is 0 Å². The Hall–Kier alpha value is -1.91. The highest BCUT2D eigenvalue weighted by Crippen LogP contribution is 2.34.